The molecule has 7 heteroatoms. The van der Waals surface area contributed by atoms with Crippen molar-refractivity contribution in [2.45, 2.75) is 6.42 Å². The molecule has 142 valence electrons. The molecule has 0 atom stereocenters. The van der Waals surface area contributed by atoms with E-state index in [4.69, 9.17) is 12.2 Å². The van der Waals surface area contributed by atoms with E-state index in [0.29, 0.717) is 14.9 Å². The maximum Gasteiger partial charge on any atom is 0.266 e. The number of thiocarbonyl (C=S) groups is 1. The zero-order valence-corrected chi connectivity index (χ0v) is 16.5. The van der Waals surface area contributed by atoms with Gasteiger partial charge in [-0.1, -0.05) is 78.6 Å². The molecule has 2 aromatic carbocycles. The minimum Gasteiger partial charge on any atom is -0.506 e. The number of amides is 2. The van der Waals surface area contributed by atoms with Crippen molar-refractivity contribution >= 4 is 51.9 Å². The molecule has 0 spiro atoms. The average Bonchev–Trinajstić information content (AvgIpc) is 2.96. The Labute approximate surface area is 172 Å². The summed E-state index contributed by atoms with van der Waals surface area (Å²) in [5.41, 5.74) is 1.37. The third-order valence-corrected chi connectivity index (χ3v) is 5.35. The van der Waals surface area contributed by atoms with Gasteiger partial charge < -0.3 is 10.4 Å². The number of benzene rings is 2. The Balaban J connectivity index is 1.56. The Morgan fingerprint density at radius 1 is 1.14 bits per heavy atom. The lowest BCUT2D eigenvalue weighted by molar-refractivity contribution is -0.122. The maximum atomic E-state index is 12.5. The minimum absolute atomic E-state index is 0.00500. The molecule has 1 heterocycles. The summed E-state index contributed by atoms with van der Waals surface area (Å²) >= 11 is 6.49. The van der Waals surface area contributed by atoms with E-state index in [0.717, 1.165) is 5.56 Å². The number of anilines is 1. The molecule has 0 radical (unpaired) electrons. The summed E-state index contributed by atoms with van der Waals surface area (Å²) < 4.78 is 0.430. The summed E-state index contributed by atoms with van der Waals surface area (Å²) in [4.78, 5) is 26.6. The minimum atomic E-state index is -0.302. The summed E-state index contributed by atoms with van der Waals surface area (Å²) in [5.74, 6) is -0.513. The smallest absolute Gasteiger partial charge is 0.266 e. The van der Waals surface area contributed by atoms with Crippen LogP contribution in [0.2, 0.25) is 0 Å². The van der Waals surface area contributed by atoms with Gasteiger partial charge in [-0.3, -0.25) is 14.5 Å². The number of hydrogen-bond acceptors (Lipinski definition) is 5. The first-order valence-corrected chi connectivity index (χ1v) is 9.82. The van der Waals surface area contributed by atoms with Crippen molar-refractivity contribution in [1.82, 2.24) is 4.90 Å². The largest absolute Gasteiger partial charge is 0.506 e. The van der Waals surface area contributed by atoms with E-state index in [1.165, 1.54) is 22.7 Å². The SMILES string of the molecule is O=C(CCN1C(=O)/C(=C/C=C/c2ccccc2)SC1=S)Nc1ccccc1O. The molecule has 0 unspecified atom stereocenters. The molecule has 0 bridgehead atoms. The fourth-order valence-corrected chi connectivity index (χ4v) is 3.78. The van der Waals surface area contributed by atoms with Crippen LogP contribution in [-0.4, -0.2) is 32.7 Å². The van der Waals surface area contributed by atoms with E-state index < -0.39 is 0 Å². The Bertz CT molecular complexity index is 955. The van der Waals surface area contributed by atoms with Gasteiger partial charge in [0, 0.05) is 13.0 Å². The number of allylic oxidation sites excluding steroid dienone is 2. The van der Waals surface area contributed by atoms with Crippen molar-refractivity contribution < 1.29 is 14.7 Å². The highest BCUT2D eigenvalue weighted by Gasteiger charge is 2.31. The van der Waals surface area contributed by atoms with Crippen LogP contribution in [0.3, 0.4) is 0 Å². The summed E-state index contributed by atoms with van der Waals surface area (Å²) in [6.45, 7) is 0.184. The molecule has 3 rings (SSSR count). The number of aromatic hydroxyl groups is 1. The predicted molar refractivity (Wildman–Crippen MR) is 117 cm³/mol. The van der Waals surface area contributed by atoms with Crippen molar-refractivity contribution in [1.29, 1.82) is 0 Å². The number of hydrogen-bond donors (Lipinski definition) is 2. The highest BCUT2D eigenvalue weighted by molar-refractivity contribution is 8.26. The summed E-state index contributed by atoms with van der Waals surface area (Å²) in [6, 6.07) is 16.3. The number of nitrogens with one attached hydrogen (secondary N) is 1. The normalized spacial score (nSPS) is 15.6. The molecule has 1 aliphatic rings. The first kappa shape index (κ1) is 19.9. The molecule has 1 aliphatic heterocycles. The van der Waals surface area contributed by atoms with Gasteiger partial charge in [-0.15, -0.1) is 0 Å². The number of carbonyl (C=O) groups is 2. The Hall–Kier alpha value is -2.90. The van der Waals surface area contributed by atoms with Crippen LogP contribution < -0.4 is 5.32 Å². The number of rotatable bonds is 6. The first-order chi connectivity index (χ1) is 13.5. The topological polar surface area (TPSA) is 69.6 Å². The van der Waals surface area contributed by atoms with E-state index in [-0.39, 0.29) is 30.5 Å². The number of phenols is 1. The van der Waals surface area contributed by atoms with Crippen molar-refractivity contribution in [3.05, 3.63) is 77.2 Å². The summed E-state index contributed by atoms with van der Waals surface area (Å²) in [6.07, 6.45) is 5.53. The van der Waals surface area contributed by atoms with Crippen LogP contribution in [0.5, 0.6) is 5.75 Å². The van der Waals surface area contributed by atoms with Gasteiger partial charge in [-0.25, -0.2) is 0 Å². The quantitative estimate of drug-likeness (QED) is 0.425. The highest BCUT2D eigenvalue weighted by atomic mass is 32.2. The lowest BCUT2D eigenvalue weighted by Gasteiger charge is -2.14. The Morgan fingerprint density at radius 2 is 1.86 bits per heavy atom. The van der Waals surface area contributed by atoms with Crippen LogP contribution in [0.25, 0.3) is 6.08 Å². The van der Waals surface area contributed by atoms with Gasteiger partial charge >= 0.3 is 0 Å². The van der Waals surface area contributed by atoms with Gasteiger partial charge in [0.1, 0.15) is 10.1 Å². The Kier molecular flexibility index (Phi) is 6.62. The zero-order chi connectivity index (χ0) is 19.9. The first-order valence-electron chi connectivity index (χ1n) is 8.59. The second-order valence-electron chi connectivity index (χ2n) is 5.94. The van der Waals surface area contributed by atoms with Crippen LogP contribution >= 0.6 is 24.0 Å². The molecule has 2 aromatic rings. The molecular weight excluding hydrogens is 392 g/mol. The van der Waals surface area contributed by atoms with Crippen LogP contribution in [0, 0.1) is 0 Å². The lowest BCUT2D eigenvalue weighted by atomic mass is 10.2. The average molecular weight is 411 g/mol. The number of nitrogens with zero attached hydrogens (tertiary/aromatic N) is 1. The standard InChI is InChI=1S/C21H18N2O3S2/c24-17-11-5-4-10-16(17)22-19(25)13-14-23-20(26)18(28-21(23)27)12-6-9-15-7-2-1-3-8-15/h1-12,24H,13-14H2,(H,22,25)/b9-6+,18-12-. The molecule has 2 amide bonds. The molecule has 28 heavy (non-hydrogen) atoms. The van der Waals surface area contributed by atoms with E-state index in [2.05, 4.69) is 5.32 Å². The third kappa shape index (κ3) is 5.09. The second-order valence-corrected chi connectivity index (χ2v) is 7.62. The maximum absolute atomic E-state index is 12.5. The molecule has 1 saturated heterocycles. The highest BCUT2D eigenvalue weighted by Crippen LogP contribution is 2.31. The van der Waals surface area contributed by atoms with Gasteiger partial charge in [-0.2, -0.15) is 0 Å². The zero-order valence-electron chi connectivity index (χ0n) is 14.9. The van der Waals surface area contributed by atoms with E-state index >= 15 is 0 Å². The molecule has 0 aromatic heterocycles. The predicted octanol–water partition coefficient (Wildman–Crippen LogP) is 4.18. The third-order valence-electron chi connectivity index (χ3n) is 3.95. The number of para-hydroxylation sites is 2. The van der Waals surface area contributed by atoms with E-state index in [1.54, 1.807) is 24.3 Å². The van der Waals surface area contributed by atoms with Crippen molar-refractivity contribution in [3.8, 4) is 5.75 Å². The number of phenolic OH excluding ortho intramolecular Hbond substituents is 1. The molecule has 2 N–H and O–H groups in total. The van der Waals surface area contributed by atoms with Crippen molar-refractivity contribution in [3.63, 3.8) is 0 Å². The van der Waals surface area contributed by atoms with Crippen molar-refractivity contribution in [2.75, 3.05) is 11.9 Å². The summed E-state index contributed by atoms with van der Waals surface area (Å²) in [5, 5.41) is 12.3. The lowest BCUT2D eigenvalue weighted by Crippen LogP contribution is -2.31. The van der Waals surface area contributed by atoms with Gasteiger partial charge in [0.15, 0.2) is 0 Å². The molecule has 0 aliphatic carbocycles. The van der Waals surface area contributed by atoms with Crippen LogP contribution in [0.4, 0.5) is 5.69 Å². The van der Waals surface area contributed by atoms with Gasteiger partial charge in [0.2, 0.25) is 5.91 Å². The second kappa shape index (κ2) is 9.34. The fourth-order valence-electron chi connectivity index (χ4n) is 2.52. The Morgan fingerprint density at radius 3 is 2.61 bits per heavy atom. The van der Waals surface area contributed by atoms with Crippen LogP contribution in [0.1, 0.15) is 12.0 Å². The van der Waals surface area contributed by atoms with Crippen LogP contribution in [0.15, 0.2) is 71.7 Å². The monoisotopic (exact) mass is 410 g/mol. The number of thioether (sulfide) groups is 1. The molecule has 5 nitrogen and oxygen atoms in total. The molecular formula is C21H18N2O3S2. The van der Waals surface area contributed by atoms with Gasteiger partial charge in [-0.05, 0) is 23.8 Å². The van der Waals surface area contributed by atoms with E-state index in [9.17, 15) is 14.7 Å². The van der Waals surface area contributed by atoms with E-state index in [1.807, 2.05) is 42.5 Å². The summed E-state index contributed by atoms with van der Waals surface area (Å²) in [7, 11) is 0. The fraction of sp³-hybridized carbons (Fsp3) is 0.0952. The van der Waals surface area contributed by atoms with Gasteiger partial charge in [0.25, 0.3) is 5.91 Å². The van der Waals surface area contributed by atoms with Crippen molar-refractivity contribution in [2.24, 2.45) is 0 Å². The number of carbonyl (C=O) groups excluding carboxylic acids is 2. The molecule has 0 saturated carbocycles. The molecule has 1 fully saturated rings. The van der Waals surface area contributed by atoms with Gasteiger partial charge in [0.05, 0.1) is 10.6 Å². The van der Waals surface area contributed by atoms with Crippen LogP contribution in [-0.2, 0) is 9.59 Å².